The Kier molecular flexibility index (Phi) is 5.88. The molecule has 1 aliphatic heterocycles. The Hall–Kier alpha value is -0.650. The Morgan fingerprint density at radius 2 is 2.24 bits per heavy atom. The quantitative estimate of drug-likeness (QED) is 0.702. The minimum absolute atomic E-state index is 0.0755. The first-order valence-corrected chi connectivity index (χ1v) is 6.35. The van der Waals surface area contributed by atoms with Gasteiger partial charge in [-0.3, -0.25) is 9.69 Å². The zero-order valence-electron chi connectivity index (χ0n) is 11.1. The highest BCUT2D eigenvalue weighted by Crippen LogP contribution is 2.05. The van der Waals surface area contributed by atoms with E-state index in [9.17, 15) is 4.79 Å². The molecule has 0 bridgehead atoms. The number of nitrogens with zero attached hydrogens (tertiary/aromatic N) is 1. The average molecular weight is 243 g/mol. The first-order valence-electron chi connectivity index (χ1n) is 6.35. The van der Waals surface area contributed by atoms with E-state index in [0.29, 0.717) is 32.2 Å². The first-order chi connectivity index (χ1) is 8.04. The second kappa shape index (κ2) is 6.93. The van der Waals surface area contributed by atoms with Crippen LogP contribution in [-0.2, 0) is 9.53 Å². The molecule has 0 spiro atoms. The molecule has 0 radical (unpaired) electrons. The minimum Gasteiger partial charge on any atom is -0.378 e. The SMILES string of the molecule is CC(C)C(C)NC(=O)CN1CCOCC1CN. The van der Waals surface area contributed by atoms with Crippen LogP contribution in [0.15, 0.2) is 0 Å². The first kappa shape index (κ1) is 14.4. The molecule has 2 atom stereocenters. The Bertz CT molecular complexity index is 246. The van der Waals surface area contributed by atoms with Gasteiger partial charge in [-0.15, -0.1) is 0 Å². The number of carbonyl (C=O) groups is 1. The predicted molar refractivity (Wildman–Crippen MR) is 67.7 cm³/mol. The number of rotatable bonds is 5. The van der Waals surface area contributed by atoms with Crippen LogP contribution in [0.5, 0.6) is 0 Å². The molecule has 1 fully saturated rings. The lowest BCUT2D eigenvalue weighted by Crippen LogP contribution is -2.53. The maximum Gasteiger partial charge on any atom is 0.234 e. The van der Waals surface area contributed by atoms with E-state index in [-0.39, 0.29) is 18.0 Å². The van der Waals surface area contributed by atoms with Gasteiger partial charge >= 0.3 is 0 Å². The fourth-order valence-corrected chi connectivity index (χ4v) is 1.77. The van der Waals surface area contributed by atoms with Crippen molar-refractivity contribution in [2.75, 3.05) is 32.8 Å². The van der Waals surface area contributed by atoms with Crippen molar-refractivity contribution in [3.63, 3.8) is 0 Å². The van der Waals surface area contributed by atoms with Crippen LogP contribution in [0.1, 0.15) is 20.8 Å². The minimum atomic E-state index is 0.0755. The zero-order chi connectivity index (χ0) is 12.8. The summed E-state index contributed by atoms with van der Waals surface area (Å²) in [4.78, 5) is 14.0. The molecule has 1 amide bonds. The van der Waals surface area contributed by atoms with Gasteiger partial charge in [0.05, 0.1) is 19.8 Å². The van der Waals surface area contributed by atoms with Gasteiger partial charge in [0.15, 0.2) is 0 Å². The van der Waals surface area contributed by atoms with Gasteiger partial charge in [0.1, 0.15) is 0 Å². The number of carbonyl (C=O) groups excluding carboxylic acids is 1. The molecule has 1 aliphatic rings. The largest absolute Gasteiger partial charge is 0.378 e. The maximum atomic E-state index is 11.9. The van der Waals surface area contributed by atoms with E-state index < -0.39 is 0 Å². The van der Waals surface area contributed by atoms with E-state index >= 15 is 0 Å². The second-order valence-corrected chi connectivity index (χ2v) is 5.04. The number of hydrogen-bond donors (Lipinski definition) is 2. The topological polar surface area (TPSA) is 67.6 Å². The van der Waals surface area contributed by atoms with Crippen LogP contribution in [0, 0.1) is 5.92 Å². The van der Waals surface area contributed by atoms with E-state index in [4.69, 9.17) is 10.5 Å². The average Bonchev–Trinajstić information content (AvgIpc) is 2.29. The van der Waals surface area contributed by atoms with Gasteiger partial charge in [0, 0.05) is 25.2 Å². The highest BCUT2D eigenvalue weighted by atomic mass is 16.5. The number of ether oxygens (including phenoxy) is 1. The fourth-order valence-electron chi connectivity index (χ4n) is 1.77. The molecule has 5 nitrogen and oxygen atoms in total. The summed E-state index contributed by atoms with van der Waals surface area (Å²) < 4.78 is 5.35. The van der Waals surface area contributed by atoms with Crippen molar-refractivity contribution in [2.45, 2.75) is 32.9 Å². The van der Waals surface area contributed by atoms with Crippen molar-refractivity contribution in [3.8, 4) is 0 Å². The van der Waals surface area contributed by atoms with Gasteiger partial charge < -0.3 is 15.8 Å². The molecule has 2 unspecified atom stereocenters. The summed E-state index contributed by atoms with van der Waals surface area (Å²) in [6.07, 6.45) is 0. The third kappa shape index (κ3) is 4.61. The fraction of sp³-hybridized carbons (Fsp3) is 0.917. The maximum absolute atomic E-state index is 11.9. The Morgan fingerprint density at radius 1 is 1.53 bits per heavy atom. The highest BCUT2D eigenvalue weighted by Gasteiger charge is 2.24. The third-order valence-corrected chi connectivity index (χ3v) is 3.36. The van der Waals surface area contributed by atoms with Gasteiger partial charge in [0.25, 0.3) is 0 Å². The molecule has 100 valence electrons. The van der Waals surface area contributed by atoms with Crippen LogP contribution < -0.4 is 11.1 Å². The normalized spacial score (nSPS) is 23.7. The lowest BCUT2D eigenvalue weighted by molar-refractivity contribution is -0.125. The van der Waals surface area contributed by atoms with Crippen LogP contribution >= 0.6 is 0 Å². The van der Waals surface area contributed by atoms with Crippen LogP contribution in [0.3, 0.4) is 0 Å². The van der Waals surface area contributed by atoms with Crippen molar-refractivity contribution in [2.24, 2.45) is 11.7 Å². The Morgan fingerprint density at radius 3 is 2.82 bits per heavy atom. The van der Waals surface area contributed by atoms with Crippen molar-refractivity contribution < 1.29 is 9.53 Å². The summed E-state index contributed by atoms with van der Waals surface area (Å²) in [5.41, 5.74) is 5.67. The standard InChI is InChI=1S/C12H25N3O2/c1-9(2)10(3)14-12(16)7-15-4-5-17-8-11(15)6-13/h9-11H,4-8,13H2,1-3H3,(H,14,16). The highest BCUT2D eigenvalue weighted by molar-refractivity contribution is 5.78. The second-order valence-electron chi connectivity index (χ2n) is 5.04. The molecule has 1 saturated heterocycles. The summed E-state index contributed by atoms with van der Waals surface area (Å²) in [5, 5.41) is 3.01. The smallest absolute Gasteiger partial charge is 0.234 e. The van der Waals surface area contributed by atoms with Gasteiger partial charge in [-0.05, 0) is 12.8 Å². The van der Waals surface area contributed by atoms with Gasteiger partial charge in [-0.2, -0.15) is 0 Å². The molecule has 1 heterocycles. The van der Waals surface area contributed by atoms with Crippen LogP contribution in [-0.4, -0.2) is 55.7 Å². The van der Waals surface area contributed by atoms with Gasteiger partial charge in [0.2, 0.25) is 5.91 Å². The van der Waals surface area contributed by atoms with Crippen LogP contribution in [0.25, 0.3) is 0 Å². The van der Waals surface area contributed by atoms with Crippen molar-refractivity contribution in [3.05, 3.63) is 0 Å². The van der Waals surface area contributed by atoms with Gasteiger partial charge in [-0.25, -0.2) is 0 Å². The summed E-state index contributed by atoms with van der Waals surface area (Å²) in [5.74, 6) is 0.528. The van der Waals surface area contributed by atoms with E-state index in [1.54, 1.807) is 0 Å². The monoisotopic (exact) mass is 243 g/mol. The molecule has 3 N–H and O–H groups in total. The Balaban J connectivity index is 2.38. The molecular formula is C12H25N3O2. The number of morpholine rings is 1. The zero-order valence-corrected chi connectivity index (χ0v) is 11.1. The van der Waals surface area contributed by atoms with Crippen molar-refractivity contribution in [1.82, 2.24) is 10.2 Å². The number of hydrogen-bond acceptors (Lipinski definition) is 4. The molecule has 0 aromatic carbocycles. The summed E-state index contributed by atoms with van der Waals surface area (Å²) in [6, 6.07) is 0.378. The lowest BCUT2D eigenvalue weighted by Gasteiger charge is -2.34. The molecule has 0 aromatic rings. The number of nitrogens with two attached hydrogens (primary N) is 1. The molecule has 1 rings (SSSR count). The number of amides is 1. The molecule has 17 heavy (non-hydrogen) atoms. The molecule has 5 heteroatoms. The van der Waals surface area contributed by atoms with E-state index in [1.165, 1.54) is 0 Å². The Labute approximate surface area is 104 Å². The molecule has 0 aliphatic carbocycles. The summed E-state index contributed by atoms with van der Waals surface area (Å²) in [6.45, 7) is 9.28. The molecule has 0 saturated carbocycles. The van der Waals surface area contributed by atoms with E-state index in [1.807, 2.05) is 6.92 Å². The lowest BCUT2D eigenvalue weighted by atomic mass is 10.1. The predicted octanol–water partition coefficient (Wildman–Crippen LogP) is -0.193. The van der Waals surface area contributed by atoms with E-state index in [0.717, 1.165) is 6.54 Å². The van der Waals surface area contributed by atoms with Crippen molar-refractivity contribution >= 4 is 5.91 Å². The van der Waals surface area contributed by atoms with Gasteiger partial charge in [-0.1, -0.05) is 13.8 Å². The van der Waals surface area contributed by atoms with Crippen LogP contribution in [0.4, 0.5) is 0 Å². The van der Waals surface area contributed by atoms with Crippen molar-refractivity contribution in [1.29, 1.82) is 0 Å². The third-order valence-electron chi connectivity index (χ3n) is 3.36. The number of nitrogens with one attached hydrogen (secondary N) is 1. The summed E-state index contributed by atoms with van der Waals surface area (Å²) >= 11 is 0. The summed E-state index contributed by atoms with van der Waals surface area (Å²) in [7, 11) is 0. The van der Waals surface area contributed by atoms with E-state index in [2.05, 4.69) is 24.1 Å². The molecule has 0 aromatic heterocycles. The molecular weight excluding hydrogens is 218 g/mol. The van der Waals surface area contributed by atoms with Crippen LogP contribution in [0.2, 0.25) is 0 Å².